The second kappa shape index (κ2) is 9.37. The summed E-state index contributed by atoms with van der Waals surface area (Å²) in [7, 11) is -1.80. The number of thiophene rings is 1. The monoisotopic (exact) mass is 496 g/mol. The molecule has 0 radical (unpaired) electrons. The highest BCUT2D eigenvalue weighted by molar-refractivity contribution is 7.61. The van der Waals surface area contributed by atoms with E-state index in [4.69, 9.17) is 8.94 Å². The van der Waals surface area contributed by atoms with Gasteiger partial charge >= 0.3 is 5.97 Å². The van der Waals surface area contributed by atoms with Crippen molar-refractivity contribution in [1.29, 1.82) is 0 Å². The highest BCUT2D eigenvalue weighted by atomic mass is 32.1. The summed E-state index contributed by atoms with van der Waals surface area (Å²) in [5.41, 5.74) is 3.52. The predicted octanol–water partition coefficient (Wildman–Crippen LogP) is 7.51. The van der Waals surface area contributed by atoms with E-state index in [-0.39, 0.29) is 10.5 Å². The van der Waals surface area contributed by atoms with Gasteiger partial charge in [0.1, 0.15) is 16.2 Å². The van der Waals surface area contributed by atoms with Crippen molar-refractivity contribution in [3.63, 3.8) is 0 Å². The fraction of sp³-hybridized carbons (Fsp3) is 0.280. The van der Waals surface area contributed by atoms with Gasteiger partial charge in [-0.1, -0.05) is 43.5 Å². The zero-order chi connectivity index (χ0) is 23.7. The minimum atomic E-state index is -3.23. The number of aromatic nitrogens is 1. The summed E-state index contributed by atoms with van der Waals surface area (Å²) in [6.07, 6.45) is 6.50. The van der Waals surface area contributed by atoms with Crippen molar-refractivity contribution in [2.24, 2.45) is 0 Å². The number of fused-ring (bicyclic) bond motifs is 1. The zero-order valence-corrected chi connectivity index (χ0v) is 20.4. The summed E-state index contributed by atoms with van der Waals surface area (Å²) in [6.45, 7) is 0. The molecule has 1 saturated carbocycles. The van der Waals surface area contributed by atoms with E-state index in [2.05, 4.69) is 10.1 Å². The van der Waals surface area contributed by atoms with Crippen molar-refractivity contribution in [1.82, 2.24) is 4.98 Å². The number of hydrogen-bond donors (Lipinski definition) is 2. The maximum Gasteiger partial charge on any atom is 0.348 e. The van der Waals surface area contributed by atoms with Crippen LogP contribution in [0.5, 0.6) is 0 Å². The molecule has 1 unspecified atom stereocenters. The highest BCUT2D eigenvalue weighted by Crippen LogP contribution is 2.56. The van der Waals surface area contributed by atoms with Gasteiger partial charge in [0.2, 0.25) is 0 Å². The largest absolute Gasteiger partial charge is 0.477 e. The third-order valence-corrected chi connectivity index (χ3v) is 10.0. The number of nitrogens with zero attached hydrogens (tertiary/aromatic N) is 1. The maximum atomic E-state index is 13.6. The molecule has 3 aromatic heterocycles. The Hall–Kier alpha value is -2.93. The topological polar surface area (TPSA) is 102 Å². The SMILES string of the molecule is COP(=O)(Nc1cc(-c2ccc(-c3cc4ncccc4o3)cc2)sc1C(=O)O)C1CCCCC1. The molecule has 0 bridgehead atoms. The molecule has 0 spiro atoms. The average molecular weight is 497 g/mol. The summed E-state index contributed by atoms with van der Waals surface area (Å²) in [5, 5.41) is 12.8. The van der Waals surface area contributed by atoms with E-state index in [1.165, 1.54) is 7.11 Å². The summed E-state index contributed by atoms with van der Waals surface area (Å²) in [5.74, 6) is -0.343. The van der Waals surface area contributed by atoms with E-state index < -0.39 is 13.5 Å². The number of carboxylic acids is 1. The molecule has 5 rings (SSSR count). The second-order valence-corrected chi connectivity index (χ2v) is 12.0. The van der Waals surface area contributed by atoms with Crippen LogP contribution in [0.3, 0.4) is 0 Å². The van der Waals surface area contributed by atoms with Crippen LogP contribution in [0, 0.1) is 0 Å². The predicted molar refractivity (Wildman–Crippen MR) is 135 cm³/mol. The van der Waals surface area contributed by atoms with Crippen LogP contribution in [0.25, 0.3) is 32.9 Å². The first-order chi connectivity index (χ1) is 16.5. The number of carbonyl (C=O) groups is 1. The van der Waals surface area contributed by atoms with Gasteiger partial charge in [-0.2, -0.15) is 0 Å². The minimum absolute atomic E-state index is 0.103. The van der Waals surface area contributed by atoms with E-state index >= 15 is 0 Å². The molecule has 1 fully saturated rings. The van der Waals surface area contributed by atoms with Crippen LogP contribution in [0.1, 0.15) is 41.8 Å². The smallest absolute Gasteiger partial charge is 0.348 e. The molecule has 0 aliphatic heterocycles. The number of nitrogens with one attached hydrogen (secondary N) is 1. The number of pyridine rings is 1. The lowest BCUT2D eigenvalue weighted by Crippen LogP contribution is -2.19. The number of furan rings is 1. The van der Waals surface area contributed by atoms with E-state index in [1.54, 1.807) is 12.3 Å². The Balaban J connectivity index is 1.43. The molecule has 0 saturated heterocycles. The Bertz CT molecular complexity index is 1340. The van der Waals surface area contributed by atoms with E-state index in [0.29, 0.717) is 11.4 Å². The van der Waals surface area contributed by atoms with Crippen LogP contribution < -0.4 is 5.09 Å². The summed E-state index contributed by atoms with van der Waals surface area (Å²) >= 11 is 1.15. The molecule has 4 aromatic rings. The third kappa shape index (κ3) is 4.41. The lowest BCUT2D eigenvalue weighted by atomic mass is 10.0. The molecule has 0 amide bonds. The van der Waals surface area contributed by atoms with Crippen molar-refractivity contribution in [3.05, 3.63) is 59.6 Å². The summed E-state index contributed by atoms with van der Waals surface area (Å²) in [4.78, 5) is 17.2. The van der Waals surface area contributed by atoms with Crippen molar-refractivity contribution < 1.29 is 23.4 Å². The van der Waals surface area contributed by atoms with Crippen LogP contribution >= 0.6 is 18.9 Å². The van der Waals surface area contributed by atoms with E-state index in [0.717, 1.165) is 70.5 Å². The number of rotatable bonds is 7. The molecular weight excluding hydrogens is 471 g/mol. The zero-order valence-electron chi connectivity index (χ0n) is 18.7. The lowest BCUT2D eigenvalue weighted by molar-refractivity contribution is 0.0703. The van der Waals surface area contributed by atoms with Crippen LogP contribution in [-0.4, -0.2) is 28.8 Å². The van der Waals surface area contributed by atoms with Gasteiger partial charge in [-0.25, -0.2) is 4.79 Å². The molecule has 1 atom stereocenters. The van der Waals surface area contributed by atoms with Gasteiger partial charge in [-0.3, -0.25) is 9.55 Å². The van der Waals surface area contributed by atoms with E-state index in [1.807, 2.05) is 42.5 Å². The molecule has 2 N–H and O–H groups in total. The van der Waals surface area contributed by atoms with Gasteiger partial charge in [0.05, 0.1) is 11.3 Å². The van der Waals surface area contributed by atoms with Gasteiger partial charge in [0.25, 0.3) is 7.52 Å². The molecular formula is C25H25N2O5PS. The first-order valence-electron chi connectivity index (χ1n) is 11.2. The molecule has 7 nitrogen and oxygen atoms in total. The van der Waals surface area contributed by atoms with Gasteiger partial charge in [-0.05, 0) is 36.6 Å². The number of anilines is 1. The van der Waals surface area contributed by atoms with Crippen molar-refractivity contribution >= 4 is 41.6 Å². The van der Waals surface area contributed by atoms with Crippen LogP contribution in [0.2, 0.25) is 0 Å². The molecule has 9 heteroatoms. The number of benzene rings is 1. The van der Waals surface area contributed by atoms with Crippen LogP contribution in [0.4, 0.5) is 5.69 Å². The lowest BCUT2D eigenvalue weighted by Gasteiger charge is -2.29. The molecule has 176 valence electrons. The maximum absolute atomic E-state index is 13.6. The third-order valence-electron chi connectivity index (χ3n) is 6.27. The molecule has 1 aliphatic rings. The Kier molecular flexibility index (Phi) is 6.30. The molecule has 34 heavy (non-hydrogen) atoms. The summed E-state index contributed by atoms with van der Waals surface area (Å²) in [6, 6.07) is 15.1. The Morgan fingerprint density at radius 3 is 2.56 bits per heavy atom. The minimum Gasteiger partial charge on any atom is -0.477 e. The Labute approximate surface area is 201 Å². The second-order valence-electron chi connectivity index (χ2n) is 8.42. The standard InChI is InChI=1S/C25H25N2O5PS/c1-31-33(30,18-6-3-2-4-7-18)27-20-15-23(34-24(20)25(28)29)17-11-9-16(10-12-17)22-14-19-21(32-22)8-5-13-26-19/h5,8-15,18H,2-4,6-7H2,1H3,(H,27,30)(H,28,29). The number of carboxylic acid groups (broad SMARTS) is 1. The molecule has 1 aliphatic carbocycles. The average Bonchev–Trinajstić information content (AvgIpc) is 3.49. The fourth-order valence-corrected chi connectivity index (χ4v) is 7.62. The first-order valence-corrected chi connectivity index (χ1v) is 13.7. The molecule has 1 aromatic carbocycles. The Morgan fingerprint density at radius 2 is 1.88 bits per heavy atom. The fourth-order valence-electron chi connectivity index (χ4n) is 4.46. The normalized spacial score (nSPS) is 16.4. The van der Waals surface area contributed by atoms with Crippen LogP contribution in [0.15, 0.2) is 59.1 Å². The summed E-state index contributed by atoms with van der Waals surface area (Å²) < 4.78 is 24.9. The van der Waals surface area contributed by atoms with Crippen molar-refractivity contribution in [2.45, 2.75) is 37.8 Å². The van der Waals surface area contributed by atoms with Crippen molar-refractivity contribution in [2.75, 3.05) is 12.2 Å². The van der Waals surface area contributed by atoms with Gasteiger partial charge in [0.15, 0.2) is 5.58 Å². The van der Waals surface area contributed by atoms with Gasteiger partial charge in [-0.15, -0.1) is 11.3 Å². The Morgan fingerprint density at radius 1 is 1.15 bits per heavy atom. The first kappa shape index (κ1) is 22.8. The highest BCUT2D eigenvalue weighted by Gasteiger charge is 2.36. The van der Waals surface area contributed by atoms with Crippen LogP contribution in [-0.2, 0) is 9.09 Å². The quantitative estimate of drug-likeness (QED) is 0.255. The van der Waals surface area contributed by atoms with Gasteiger partial charge in [0, 0.05) is 29.8 Å². The number of aromatic carboxylic acids is 1. The van der Waals surface area contributed by atoms with E-state index in [9.17, 15) is 14.5 Å². The van der Waals surface area contributed by atoms with Crippen molar-refractivity contribution in [3.8, 4) is 21.8 Å². The molecule has 3 heterocycles. The number of hydrogen-bond acceptors (Lipinski definition) is 6. The van der Waals surface area contributed by atoms with Gasteiger partial charge < -0.3 is 19.1 Å².